The number of hydrogen-bond donors (Lipinski definition) is 1. The zero-order chi connectivity index (χ0) is 26.6. The summed E-state index contributed by atoms with van der Waals surface area (Å²) in [5.74, 6) is 0.807. The summed E-state index contributed by atoms with van der Waals surface area (Å²) in [6.07, 6.45) is 0.605. The van der Waals surface area contributed by atoms with Crippen molar-refractivity contribution in [1.82, 2.24) is 5.01 Å². The number of amides is 2. The number of carbonyl (C=O) groups is 2. The van der Waals surface area contributed by atoms with Gasteiger partial charge in [0.1, 0.15) is 16.7 Å². The van der Waals surface area contributed by atoms with Crippen molar-refractivity contribution in [3.05, 3.63) is 89.5 Å². The first-order chi connectivity index (χ1) is 18.4. The van der Waals surface area contributed by atoms with Gasteiger partial charge >= 0.3 is 0 Å². The maximum absolute atomic E-state index is 12.9. The van der Waals surface area contributed by atoms with Crippen LogP contribution in [0.1, 0.15) is 35.6 Å². The van der Waals surface area contributed by atoms with Gasteiger partial charge in [-0.2, -0.15) is 10.1 Å². The molecule has 0 aliphatic carbocycles. The molecule has 2 aliphatic rings. The molecule has 0 saturated carbocycles. The minimum Gasteiger partial charge on any atom is -0.497 e. The zero-order valence-electron chi connectivity index (χ0n) is 21.4. The van der Waals surface area contributed by atoms with Gasteiger partial charge < -0.3 is 14.8 Å². The molecule has 194 valence electrons. The highest BCUT2D eigenvalue weighted by Gasteiger charge is 2.39. The van der Waals surface area contributed by atoms with Crippen LogP contribution in [0, 0.1) is 6.92 Å². The van der Waals surface area contributed by atoms with Crippen LogP contribution >= 0.6 is 11.8 Å². The number of methoxy groups -OCH3 is 2. The Hall–Kier alpha value is -4.11. The monoisotopic (exact) mass is 528 g/mol. The number of anilines is 1. The van der Waals surface area contributed by atoms with Crippen molar-refractivity contribution in [3.63, 3.8) is 0 Å². The van der Waals surface area contributed by atoms with E-state index in [1.165, 1.54) is 11.8 Å². The van der Waals surface area contributed by atoms with E-state index in [1.807, 2.05) is 55.5 Å². The predicted molar refractivity (Wildman–Crippen MR) is 150 cm³/mol. The summed E-state index contributed by atoms with van der Waals surface area (Å²) in [4.78, 5) is 29.8. The van der Waals surface area contributed by atoms with E-state index in [9.17, 15) is 9.59 Å². The maximum atomic E-state index is 12.9. The number of amidine groups is 1. The average molecular weight is 529 g/mol. The van der Waals surface area contributed by atoms with Gasteiger partial charge in [0.2, 0.25) is 5.91 Å². The molecule has 9 heteroatoms. The molecule has 0 spiro atoms. The third kappa shape index (κ3) is 5.43. The Balaban J connectivity index is 1.41. The van der Waals surface area contributed by atoms with Gasteiger partial charge in [-0.15, -0.1) is 0 Å². The third-order valence-electron chi connectivity index (χ3n) is 6.44. The second-order valence-electron chi connectivity index (χ2n) is 9.05. The van der Waals surface area contributed by atoms with E-state index < -0.39 is 5.25 Å². The van der Waals surface area contributed by atoms with Gasteiger partial charge in [-0.1, -0.05) is 59.8 Å². The van der Waals surface area contributed by atoms with E-state index >= 15 is 0 Å². The minimum atomic E-state index is -0.613. The first-order valence-electron chi connectivity index (χ1n) is 12.2. The molecular formula is C29H28N4O4S. The number of hydrazone groups is 1. The van der Waals surface area contributed by atoms with Crippen LogP contribution in [0.3, 0.4) is 0 Å². The Morgan fingerprint density at radius 2 is 1.82 bits per heavy atom. The molecule has 2 unspecified atom stereocenters. The fraction of sp³-hybridized carbons (Fsp3) is 0.241. The summed E-state index contributed by atoms with van der Waals surface area (Å²) >= 11 is 1.27. The molecule has 38 heavy (non-hydrogen) atoms. The molecule has 5 rings (SSSR count). The van der Waals surface area contributed by atoms with E-state index in [4.69, 9.17) is 14.6 Å². The fourth-order valence-corrected chi connectivity index (χ4v) is 5.51. The first-order valence-corrected chi connectivity index (χ1v) is 13.1. The molecule has 0 fully saturated rings. The number of benzene rings is 3. The zero-order valence-corrected chi connectivity index (χ0v) is 22.2. The normalized spacial score (nSPS) is 18.7. The highest BCUT2D eigenvalue weighted by molar-refractivity contribution is 8.15. The lowest BCUT2D eigenvalue weighted by molar-refractivity contribution is -0.121. The van der Waals surface area contributed by atoms with E-state index in [0.29, 0.717) is 28.8 Å². The molecule has 0 saturated heterocycles. The summed E-state index contributed by atoms with van der Waals surface area (Å²) < 4.78 is 11.1. The Kier molecular flexibility index (Phi) is 7.46. The number of aliphatic imine (C=N–C) groups is 1. The predicted octanol–water partition coefficient (Wildman–Crippen LogP) is 5.19. The van der Waals surface area contributed by atoms with Crippen molar-refractivity contribution in [3.8, 4) is 11.5 Å². The molecule has 2 heterocycles. The smallest absolute Gasteiger partial charge is 0.262 e. The second-order valence-corrected chi connectivity index (χ2v) is 10.2. The highest BCUT2D eigenvalue weighted by atomic mass is 32.2. The number of carbonyl (C=O) groups excluding carboxylic acids is 2. The number of nitrogens with zero attached hydrogens (tertiary/aromatic N) is 3. The van der Waals surface area contributed by atoms with E-state index in [2.05, 4.69) is 34.6 Å². The first kappa shape index (κ1) is 25.5. The number of para-hydroxylation sites is 1. The largest absolute Gasteiger partial charge is 0.497 e. The summed E-state index contributed by atoms with van der Waals surface area (Å²) in [6, 6.07) is 22.9. The van der Waals surface area contributed by atoms with Crippen LogP contribution in [0.5, 0.6) is 11.5 Å². The van der Waals surface area contributed by atoms with Gasteiger partial charge in [0.25, 0.3) is 5.91 Å². The SMILES string of the molecule is COc1ccc(OC)c(C2=NN(C3=NC(=O)C(CC(=O)Nc4ccccc4)S3)C(c3ccc(C)cc3)C2)c1. The van der Waals surface area contributed by atoms with Crippen molar-refractivity contribution in [2.24, 2.45) is 10.1 Å². The second kappa shape index (κ2) is 11.1. The molecular weight excluding hydrogens is 500 g/mol. The van der Waals surface area contributed by atoms with Crippen LogP contribution in [-0.2, 0) is 9.59 Å². The minimum absolute atomic E-state index is 0.0225. The highest BCUT2D eigenvalue weighted by Crippen LogP contribution is 2.40. The maximum Gasteiger partial charge on any atom is 0.262 e. The van der Waals surface area contributed by atoms with Crippen LogP contribution in [-0.4, -0.2) is 47.2 Å². The number of rotatable bonds is 7. The summed E-state index contributed by atoms with van der Waals surface area (Å²) in [5.41, 5.74) is 4.51. The van der Waals surface area contributed by atoms with Crippen LogP contribution in [0.4, 0.5) is 5.69 Å². The van der Waals surface area contributed by atoms with E-state index in [-0.39, 0.29) is 24.3 Å². The Bertz CT molecular complexity index is 1410. The quantitative estimate of drug-likeness (QED) is 0.454. The fourth-order valence-electron chi connectivity index (χ4n) is 4.44. The van der Waals surface area contributed by atoms with Crippen molar-refractivity contribution in [1.29, 1.82) is 0 Å². The Morgan fingerprint density at radius 1 is 1.05 bits per heavy atom. The number of ether oxygens (including phenoxy) is 2. The van der Waals surface area contributed by atoms with Crippen LogP contribution in [0.25, 0.3) is 0 Å². The van der Waals surface area contributed by atoms with Gasteiger partial charge in [0.05, 0.1) is 26.0 Å². The average Bonchev–Trinajstić information content (AvgIpc) is 3.53. The van der Waals surface area contributed by atoms with Crippen LogP contribution in [0.15, 0.2) is 82.9 Å². The van der Waals surface area contributed by atoms with Crippen molar-refractivity contribution < 1.29 is 19.1 Å². The molecule has 1 N–H and O–H groups in total. The van der Waals surface area contributed by atoms with Gasteiger partial charge in [-0.05, 0) is 42.8 Å². The summed E-state index contributed by atoms with van der Waals surface area (Å²) in [6.45, 7) is 2.04. The summed E-state index contributed by atoms with van der Waals surface area (Å²) in [5, 5.41) is 9.44. The molecule has 3 aromatic rings. The van der Waals surface area contributed by atoms with Crippen LogP contribution in [0.2, 0.25) is 0 Å². The van der Waals surface area contributed by atoms with Crippen molar-refractivity contribution in [2.75, 3.05) is 19.5 Å². The third-order valence-corrected chi connectivity index (χ3v) is 7.59. The molecule has 3 aromatic carbocycles. The number of aryl methyl sites for hydroxylation is 1. The standard InChI is InChI=1S/C29H28N4O4S/c1-18-9-11-19(12-10-18)24-16-23(22-15-21(36-2)13-14-25(22)37-3)32-33(24)29-31-28(35)26(38-29)17-27(34)30-20-7-5-4-6-8-20/h4-15,24,26H,16-17H2,1-3H3,(H,30,34). The molecule has 2 aliphatic heterocycles. The van der Waals surface area contributed by atoms with Crippen molar-refractivity contribution >= 4 is 40.1 Å². The molecule has 2 amide bonds. The van der Waals surface area contributed by atoms with Gasteiger partial charge in [0, 0.05) is 24.1 Å². The Morgan fingerprint density at radius 3 is 2.53 bits per heavy atom. The lowest BCUT2D eigenvalue weighted by atomic mass is 9.97. The molecule has 0 aromatic heterocycles. The van der Waals surface area contributed by atoms with Gasteiger partial charge in [-0.25, -0.2) is 5.01 Å². The topological polar surface area (TPSA) is 92.6 Å². The van der Waals surface area contributed by atoms with Gasteiger partial charge in [-0.3, -0.25) is 9.59 Å². The Labute approximate surface area is 225 Å². The number of thioether (sulfide) groups is 1. The lowest BCUT2D eigenvalue weighted by Crippen LogP contribution is -2.25. The molecule has 0 bridgehead atoms. The van der Waals surface area contributed by atoms with Crippen molar-refractivity contribution in [2.45, 2.75) is 31.1 Å². The van der Waals surface area contributed by atoms with E-state index in [0.717, 1.165) is 22.4 Å². The van der Waals surface area contributed by atoms with Crippen LogP contribution < -0.4 is 14.8 Å². The van der Waals surface area contributed by atoms with E-state index in [1.54, 1.807) is 19.2 Å². The summed E-state index contributed by atoms with van der Waals surface area (Å²) in [7, 11) is 3.24. The van der Waals surface area contributed by atoms with Gasteiger partial charge in [0.15, 0.2) is 5.17 Å². The number of nitrogens with one attached hydrogen (secondary N) is 1. The molecule has 2 atom stereocenters. The lowest BCUT2D eigenvalue weighted by Gasteiger charge is -2.23. The number of hydrogen-bond acceptors (Lipinski definition) is 7. The molecule has 8 nitrogen and oxygen atoms in total. The molecule has 0 radical (unpaired) electrons.